The Kier molecular flexibility index (Phi) is 9.13. The quantitative estimate of drug-likeness (QED) is 0.491. The molecule has 1 atom stereocenters. The molecule has 2 aromatic carbocycles. The minimum absolute atomic E-state index is 0.184. The van der Waals surface area contributed by atoms with Gasteiger partial charge in [0.15, 0.2) is 0 Å². The third-order valence-electron chi connectivity index (χ3n) is 4.85. The van der Waals surface area contributed by atoms with Crippen LogP contribution in [0, 0.1) is 0 Å². The third-order valence-corrected chi connectivity index (χ3v) is 5.64. The average molecular weight is 552 g/mol. The molecular weight excluding hydrogens is 531 g/mol. The number of benzene rings is 2. The molecule has 0 spiro atoms. The molecule has 34 heavy (non-hydrogen) atoms. The van der Waals surface area contributed by atoms with Gasteiger partial charge in [-0.25, -0.2) is 5.01 Å². The molecule has 0 aromatic heterocycles. The van der Waals surface area contributed by atoms with Gasteiger partial charge in [-0.1, -0.05) is 46.9 Å². The number of hydrazone groups is 1. The molecule has 0 aliphatic carbocycles. The smallest absolute Gasteiger partial charge is 0.379 e. The molecule has 3 N–H and O–H groups in total. The van der Waals surface area contributed by atoms with Crippen LogP contribution in [-0.2, 0) is 19.9 Å². The molecule has 10 nitrogen and oxygen atoms in total. The van der Waals surface area contributed by atoms with Crippen molar-refractivity contribution in [3.05, 3.63) is 63.1 Å². The van der Waals surface area contributed by atoms with Crippen molar-refractivity contribution in [3.63, 3.8) is 0 Å². The standard InChI is InChI=1S/C20H19Cl3N4O2.H2O4S/c21-14-3-1-13(2-4-14)19-12-17(20(28)25-26-7-9-29-10-8-26)24-27(19)18-6-5-15(22)11-16(18)23;1-5(2,3)4/h1-6,11,19H,7-10,12H2,(H,25,28);(H2,1,2,3,4)/t19-;/m1./s1. The second kappa shape index (κ2) is 11.6. The molecule has 14 heteroatoms. The van der Waals surface area contributed by atoms with Crippen molar-refractivity contribution >= 4 is 62.5 Å². The second-order valence-corrected chi connectivity index (χ2v) is 9.42. The highest BCUT2D eigenvalue weighted by Gasteiger charge is 2.34. The fourth-order valence-electron chi connectivity index (χ4n) is 3.36. The zero-order chi connectivity index (χ0) is 24.9. The first-order chi connectivity index (χ1) is 16.0. The summed E-state index contributed by atoms with van der Waals surface area (Å²) in [6.45, 7) is 2.47. The highest BCUT2D eigenvalue weighted by molar-refractivity contribution is 7.79. The number of nitrogens with one attached hydrogen (secondary N) is 1. The number of carbonyl (C=O) groups excluding carboxylic acids is 1. The van der Waals surface area contributed by atoms with Crippen molar-refractivity contribution in [1.82, 2.24) is 10.4 Å². The molecule has 2 aliphatic heterocycles. The summed E-state index contributed by atoms with van der Waals surface area (Å²) in [5.41, 5.74) is 5.02. The van der Waals surface area contributed by atoms with Crippen molar-refractivity contribution in [2.45, 2.75) is 12.5 Å². The van der Waals surface area contributed by atoms with Crippen molar-refractivity contribution in [2.24, 2.45) is 5.10 Å². The molecule has 0 unspecified atom stereocenters. The van der Waals surface area contributed by atoms with Crippen LogP contribution in [-0.4, -0.2) is 60.5 Å². The van der Waals surface area contributed by atoms with E-state index in [4.69, 9.17) is 57.1 Å². The number of amides is 1. The molecule has 0 radical (unpaired) electrons. The Hall–Kier alpha value is -1.96. The number of hydrogen-bond donors (Lipinski definition) is 3. The molecule has 0 saturated carbocycles. The van der Waals surface area contributed by atoms with Gasteiger partial charge in [0.25, 0.3) is 5.91 Å². The molecule has 2 aromatic rings. The van der Waals surface area contributed by atoms with E-state index < -0.39 is 10.4 Å². The molecule has 184 valence electrons. The van der Waals surface area contributed by atoms with Gasteiger partial charge in [0.2, 0.25) is 0 Å². The van der Waals surface area contributed by atoms with Gasteiger partial charge in [0.1, 0.15) is 5.71 Å². The van der Waals surface area contributed by atoms with Crippen molar-refractivity contribution in [1.29, 1.82) is 0 Å². The van der Waals surface area contributed by atoms with E-state index in [0.717, 1.165) is 5.56 Å². The fraction of sp³-hybridized carbons (Fsp3) is 0.300. The van der Waals surface area contributed by atoms with E-state index >= 15 is 0 Å². The Morgan fingerprint density at radius 2 is 1.62 bits per heavy atom. The number of anilines is 1. The Morgan fingerprint density at radius 3 is 2.21 bits per heavy atom. The van der Waals surface area contributed by atoms with Gasteiger partial charge in [0, 0.05) is 29.6 Å². The van der Waals surface area contributed by atoms with Gasteiger partial charge in [0.05, 0.1) is 30.0 Å². The number of nitrogens with zero attached hydrogens (tertiary/aromatic N) is 3. The van der Waals surface area contributed by atoms with Crippen LogP contribution in [0.2, 0.25) is 15.1 Å². The van der Waals surface area contributed by atoms with Gasteiger partial charge in [-0.15, -0.1) is 0 Å². The lowest BCUT2D eigenvalue weighted by atomic mass is 10.0. The van der Waals surface area contributed by atoms with Gasteiger partial charge in [-0.2, -0.15) is 13.5 Å². The summed E-state index contributed by atoms with van der Waals surface area (Å²) < 4.78 is 36.9. The van der Waals surface area contributed by atoms with Gasteiger partial charge in [-0.3, -0.25) is 24.3 Å². The summed E-state index contributed by atoms with van der Waals surface area (Å²) in [5, 5.41) is 9.89. The van der Waals surface area contributed by atoms with E-state index in [2.05, 4.69) is 10.5 Å². The number of rotatable bonds is 4. The molecule has 1 fully saturated rings. The monoisotopic (exact) mass is 550 g/mol. The minimum Gasteiger partial charge on any atom is -0.379 e. The lowest BCUT2D eigenvalue weighted by Gasteiger charge is -2.26. The van der Waals surface area contributed by atoms with Gasteiger partial charge < -0.3 is 4.74 Å². The number of ether oxygens (including phenoxy) is 1. The van der Waals surface area contributed by atoms with Crippen molar-refractivity contribution in [2.75, 3.05) is 31.3 Å². The van der Waals surface area contributed by atoms with E-state index in [9.17, 15) is 4.79 Å². The minimum atomic E-state index is -4.67. The summed E-state index contributed by atoms with van der Waals surface area (Å²) in [4.78, 5) is 12.8. The van der Waals surface area contributed by atoms with Crippen LogP contribution >= 0.6 is 34.8 Å². The molecule has 0 bridgehead atoms. The lowest BCUT2D eigenvalue weighted by Crippen LogP contribution is -2.50. The van der Waals surface area contributed by atoms with Crippen LogP contribution in [0.5, 0.6) is 0 Å². The summed E-state index contributed by atoms with van der Waals surface area (Å²) in [6.07, 6.45) is 0.441. The Morgan fingerprint density at radius 1 is 1.03 bits per heavy atom. The first-order valence-electron chi connectivity index (χ1n) is 9.92. The summed E-state index contributed by atoms with van der Waals surface area (Å²) in [7, 11) is -4.67. The van der Waals surface area contributed by atoms with Crippen LogP contribution < -0.4 is 10.4 Å². The van der Waals surface area contributed by atoms with Crippen LogP contribution in [0.4, 0.5) is 5.69 Å². The molecular formula is C20H21Cl3N4O6S. The molecule has 1 amide bonds. The first-order valence-corrected chi connectivity index (χ1v) is 12.4. The second-order valence-electron chi connectivity index (χ2n) is 7.25. The van der Waals surface area contributed by atoms with Crippen LogP contribution in [0.3, 0.4) is 0 Å². The number of hydrogen-bond acceptors (Lipinski definition) is 7. The van der Waals surface area contributed by atoms with Gasteiger partial charge in [-0.05, 0) is 35.9 Å². The summed E-state index contributed by atoms with van der Waals surface area (Å²) in [5.74, 6) is -0.224. The first kappa shape index (κ1) is 26.6. The topological polar surface area (TPSA) is 132 Å². The average Bonchev–Trinajstić information content (AvgIpc) is 3.19. The Balaban J connectivity index is 0.000000588. The number of hydrazine groups is 1. The molecule has 4 rings (SSSR count). The SMILES string of the molecule is O=C(NN1CCOCC1)C1=NN(c2ccc(Cl)cc2Cl)[C@@H](c2ccc(Cl)cc2)C1.O=S(=O)(O)O. The van der Waals surface area contributed by atoms with E-state index in [0.29, 0.717) is 59.2 Å². The molecule has 2 heterocycles. The molecule has 1 saturated heterocycles. The number of morpholine rings is 1. The predicted molar refractivity (Wildman–Crippen MR) is 130 cm³/mol. The Labute approximate surface area is 211 Å². The van der Waals surface area contributed by atoms with Gasteiger partial charge >= 0.3 is 10.4 Å². The van der Waals surface area contributed by atoms with Crippen LogP contribution in [0.25, 0.3) is 0 Å². The van der Waals surface area contributed by atoms with Crippen molar-refractivity contribution in [3.8, 4) is 0 Å². The van der Waals surface area contributed by atoms with E-state index in [1.807, 2.05) is 29.3 Å². The van der Waals surface area contributed by atoms with Crippen LogP contribution in [0.15, 0.2) is 47.6 Å². The largest absolute Gasteiger partial charge is 0.394 e. The van der Waals surface area contributed by atoms with Crippen LogP contribution in [0.1, 0.15) is 18.0 Å². The summed E-state index contributed by atoms with van der Waals surface area (Å²) >= 11 is 18.5. The third kappa shape index (κ3) is 7.79. The highest BCUT2D eigenvalue weighted by atomic mass is 35.5. The number of halogens is 3. The van der Waals surface area contributed by atoms with E-state index in [1.54, 1.807) is 23.2 Å². The normalized spacial score (nSPS) is 18.7. The predicted octanol–water partition coefficient (Wildman–Crippen LogP) is 3.66. The van der Waals surface area contributed by atoms with Crippen molar-refractivity contribution < 1.29 is 27.1 Å². The molecule has 2 aliphatic rings. The maximum atomic E-state index is 12.8. The summed E-state index contributed by atoms with van der Waals surface area (Å²) in [6, 6.07) is 12.6. The zero-order valence-electron chi connectivity index (χ0n) is 17.6. The zero-order valence-corrected chi connectivity index (χ0v) is 20.6. The Bertz CT molecular complexity index is 1150. The van der Waals surface area contributed by atoms with E-state index in [-0.39, 0.29) is 11.9 Å². The highest BCUT2D eigenvalue weighted by Crippen LogP contribution is 2.39. The fourth-order valence-corrected chi connectivity index (χ4v) is 3.99. The maximum absolute atomic E-state index is 12.8. The van der Waals surface area contributed by atoms with E-state index in [1.165, 1.54) is 0 Å². The lowest BCUT2D eigenvalue weighted by molar-refractivity contribution is -0.121. The maximum Gasteiger partial charge on any atom is 0.394 e. The number of carbonyl (C=O) groups is 1.